The number of hydrogen-bond acceptors (Lipinski definition) is 4. The third-order valence-electron chi connectivity index (χ3n) is 6.11. The molecule has 2 atom stereocenters. The number of nitrogens with zero attached hydrogens (tertiary/aromatic N) is 2. The normalized spacial score (nSPS) is 19.4. The number of nitrogens with one attached hydrogen (secondary N) is 1. The number of benzene rings is 2. The third kappa shape index (κ3) is 4.42. The number of carbonyl (C=O) groups excluding carboxylic acids is 1. The Kier molecular flexibility index (Phi) is 6.09. The number of carbonyl (C=O) groups is 1. The number of piperazine rings is 1. The average Bonchev–Trinajstić information content (AvgIpc) is 2.74. The number of halogens is 1. The van der Waals surface area contributed by atoms with Gasteiger partial charge in [-0.25, -0.2) is 0 Å². The van der Waals surface area contributed by atoms with Crippen molar-refractivity contribution in [1.29, 1.82) is 0 Å². The molecule has 0 radical (unpaired) electrons. The number of hydrogen-bond donors (Lipinski definition) is 2. The Morgan fingerprint density at radius 3 is 2.62 bits per heavy atom. The molecule has 2 aliphatic heterocycles. The summed E-state index contributed by atoms with van der Waals surface area (Å²) in [5.41, 5.74) is 4.08. The number of aliphatic hydroxyl groups excluding tert-OH is 1. The minimum atomic E-state index is -0.541. The molecular formula is C23H28ClN3O2. The van der Waals surface area contributed by atoms with Gasteiger partial charge in [0.2, 0.25) is 5.91 Å². The first-order chi connectivity index (χ1) is 14.0. The zero-order valence-corrected chi connectivity index (χ0v) is 17.5. The minimum Gasteiger partial charge on any atom is -0.387 e. The molecule has 0 aromatic heterocycles. The highest BCUT2D eigenvalue weighted by molar-refractivity contribution is 6.30. The maximum Gasteiger partial charge on any atom is 0.224 e. The number of amides is 1. The second-order valence-electron chi connectivity index (χ2n) is 7.89. The van der Waals surface area contributed by atoms with Crippen molar-refractivity contribution >= 4 is 28.9 Å². The van der Waals surface area contributed by atoms with Crippen LogP contribution in [-0.2, 0) is 11.2 Å². The minimum absolute atomic E-state index is 0.0646. The van der Waals surface area contributed by atoms with Crippen molar-refractivity contribution in [3.63, 3.8) is 0 Å². The molecular weight excluding hydrogens is 386 g/mol. The van der Waals surface area contributed by atoms with E-state index in [1.807, 2.05) is 30.3 Å². The largest absolute Gasteiger partial charge is 0.387 e. The summed E-state index contributed by atoms with van der Waals surface area (Å²) < 4.78 is 0. The summed E-state index contributed by atoms with van der Waals surface area (Å²) in [6, 6.07) is 14.0. The molecule has 0 saturated carbocycles. The summed E-state index contributed by atoms with van der Waals surface area (Å²) in [5, 5.41) is 14.8. The van der Waals surface area contributed by atoms with Crippen LogP contribution < -0.4 is 10.2 Å². The molecule has 2 aromatic rings. The molecule has 29 heavy (non-hydrogen) atoms. The van der Waals surface area contributed by atoms with E-state index in [1.165, 1.54) is 0 Å². The second-order valence-corrected chi connectivity index (χ2v) is 8.32. The van der Waals surface area contributed by atoms with Gasteiger partial charge in [-0.15, -0.1) is 0 Å². The Hall–Kier alpha value is -2.08. The summed E-state index contributed by atoms with van der Waals surface area (Å²) in [5.74, 6) is 0.0646. The van der Waals surface area contributed by atoms with Gasteiger partial charge in [-0.05, 0) is 48.2 Å². The maximum atomic E-state index is 11.6. The molecule has 0 spiro atoms. The van der Waals surface area contributed by atoms with Crippen molar-refractivity contribution in [1.82, 2.24) is 4.90 Å². The molecule has 5 nitrogen and oxygen atoms in total. The smallest absolute Gasteiger partial charge is 0.224 e. The van der Waals surface area contributed by atoms with E-state index in [0.29, 0.717) is 6.42 Å². The van der Waals surface area contributed by atoms with Crippen molar-refractivity contribution < 1.29 is 9.90 Å². The van der Waals surface area contributed by atoms with Crippen LogP contribution in [-0.4, -0.2) is 48.1 Å². The predicted molar refractivity (Wildman–Crippen MR) is 118 cm³/mol. The van der Waals surface area contributed by atoms with E-state index in [2.05, 4.69) is 34.2 Å². The molecule has 6 heteroatoms. The van der Waals surface area contributed by atoms with Gasteiger partial charge in [-0.3, -0.25) is 9.69 Å². The van der Waals surface area contributed by atoms with E-state index in [-0.39, 0.29) is 11.9 Å². The Bertz CT molecular complexity index is 880. The molecule has 1 saturated heterocycles. The fourth-order valence-corrected chi connectivity index (χ4v) is 4.66. The van der Waals surface area contributed by atoms with Crippen LogP contribution in [0.5, 0.6) is 0 Å². The van der Waals surface area contributed by atoms with Crippen LogP contribution in [0.3, 0.4) is 0 Å². The standard InChI is InChI=1S/C23H28ClN3O2/c1-2-21(23(29)17-6-8-20-16(14-17)7-9-22(28)25-20)27-12-10-26(11-13-27)19-5-3-4-18(24)15-19/h3-6,8,14-15,21,23,29H,2,7,9-13H2,1H3,(H,25,28). The van der Waals surface area contributed by atoms with Crippen LogP contribution >= 0.6 is 11.6 Å². The predicted octanol–water partition coefficient (Wildman–Crippen LogP) is 3.86. The van der Waals surface area contributed by atoms with Crippen LogP contribution in [0.4, 0.5) is 11.4 Å². The summed E-state index contributed by atoms with van der Waals surface area (Å²) in [6.07, 6.45) is 1.58. The molecule has 4 rings (SSSR count). The molecule has 2 N–H and O–H groups in total. The van der Waals surface area contributed by atoms with Crippen molar-refractivity contribution in [2.45, 2.75) is 38.3 Å². The summed E-state index contributed by atoms with van der Waals surface area (Å²) in [6.45, 7) is 5.78. The molecule has 2 aromatic carbocycles. The summed E-state index contributed by atoms with van der Waals surface area (Å²) >= 11 is 6.14. The van der Waals surface area contributed by atoms with E-state index in [4.69, 9.17) is 11.6 Å². The topological polar surface area (TPSA) is 55.8 Å². The highest BCUT2D eigenvalue weighted by atomic mass is 35.5. The second kappa shape index (κ2) is 8.74. The first-order valence-corrected chi connectivity index (χ1v) is 10.8. The van der Waals surface area contributed by atoms with Crippen LogP contribution in [0.25, 0.3) is 0 Å². The van der Waals surface area contributed by atoms with E-state index in [1.54, 1.807) is 0 Å². The number of fused-ring (bicyclic) bond motifs is 1. The quantitative estimate of drug-likeness (QED) is 0.781. The fourth-order valence-electron chi connectivity index (χ4n) is 4.48. The third-order valence-corrected chi connectivity index (χ3v) is 6.34. The highest BCUT2D eigenvalue weighted by Crippen LogP contribution is 2.30. The summed E-state index contributed by atoms with van der Waals surface area (Å²) in [7, 11) is 0. The van der Waals surface area contributed by atoms with Gasteiger partial charge in [-0.1, -0.05) is 36.7 Å². The van der Waals surface area contributed by atoms with Crippen LogP contribution in [0, 0.1) is 0 Å². The van der Waals surface area contributed by atoms with Crippen molar-refractivity contribution in [2.75, 3.05) is 36.4 Å². The molecule has 2 aliphatic rings. The van der Waals surface area contributed by atoms with E-state index in [0.717, 1.165) is 66.5 Å². The Labute approximate surface area is 177 Å². The highest BCUT2D eigenvalue weighted by Gasteiger charge is 2.29. The number of aryl methyl sites for hydroxylation is 1. The summed E-state index contributed by atoms with van der Waals surface area (Å²) in [4.78, 5) is 16.3. The van der Waals surface area contributed by atoms with Gasteiger partial charge < -0.3 is 15.3 Å². The van der Waals surface area contributed by atoms with Gasteiger partial charge in [0, 0.05) is 55.0 Å². The van der Waals surface area contributed by atoms with Gasteiger partial charge in [-0.2, -0.15) is 0 Å². The molecule has 1 fully saturated rings. The monoisotopic (exact) mass is 413 g/mol. The lowest BCUT2D eigenvalue weighted by atomic mass is 9.93. The zero-order chi connectivity index (χ0) is 20.4. The number of anilines is 2. The molecule has 154 valence electrons. The first-order valence-electron chi connectivity index (χ1n) is 10.4. The van der Waals surface area contributed by atoms with Crippen molar-refractivity contribution in [3.05, 3.63) is 58.6 Å². The van der Waals surface area contributed by atoms with Gasteiger partial charge in [0.15, 0.2) is 0 Å². The first kappa shape index (κ1) is 20.2. The maximum absolute atomic E-state index is 11.6. The van der Waals surface area contributed by atoms with E-state index in [9.17, 15) is 9.90 Å². The van der Waals surface area contributed by atoms with Gasteiger partial charge in [0.25, 0.3) is 0 Å². The van der Waals surface area contributed by atoms with Crippen molar-refractivity contribution in [2.24, 2.45) is 0 Å². The number of rotatable bonds is 5. The van der Waals surface area contributed by atoms with Crippen LogP contribution in [0.15, 0.2) is 42.5 Å². The van der Waals surface area contributed by atoms with Crippen LogP contribution in [0.2, 0.25) is 5.02 Å². The van der Waals surface area contributed by atoms with Gasteiger partial charge >= 0.3 is 0 Å². The Morgan fingerprint density at radius 1 is 1.10 bits per heavy atom. The average molecular weight is 414 g/mol. The van der Waals surface area contributed by atoms with E-state index < -0.39 is 6.10 Å². The lowest BCUT2D eigenvalue weighted by molar-refractivity contribution is -0.116. The Morgan fingerprint density at radius 2 is 1.90 bits per heavy atom. The molecule has 0 bridgehead atoms. The molecule has 0 aliphatic carbocycles. The van der Waals surface area contributed by atoms with E-state index >= 15 is 0 Å². The van der Waals surface area contributed by atoms with Crippen molar-refractivity contribution in [3.8, 4) is 0 Å². The molecule has 2 heterocycles. The zero-order valence-electron chi connectivity index (χ0n) is 16.8. The SMILES string of the molecule is CCC(C(O)c1ccc2c(c1)CCC(=O)N2)N1CCN(c2cccc(Cl)c2)CC1. The van der Waals surface area contributed by atoms with Gasteiger partial charge in [0.1, 0.15) is 0 Å². The van der Waals surface area contributed by atoms with Crippen LogP contribution in [0.1, 0.15) is 37.0 Å². The van der Waals surface area contributed by atoms with Gasteiger partial charge in [0.05, 0.1) is 6.10 Å². The lowest BCUT2D eigenvalue weighted by Gasteiger charge is -2.41. The number of aliphatic hydroxyl groups is 1. The molecule has 2 unspecified atom stereocenters. The Balaban J connectivity index is 1.43. The molecule has 1 amide bonds. The lowest BCUT2D eigenvalue weighted by Crippen LogP contribution is -2.52. The fraction of sp³-hybridized carbons (Fsp3) is 0.435.